The Hall–Kier alpha value is -7.20. The molecular weight excluding hydrogens is 1130 g/mol. The molecule has 398 valence electrons. The molecule has 0 N–H and O–H groups in total. The largest absolute Gasteiger partial charge is 0.509 e. The number of benzene rings is 8. The first kappa shape index (κ1) is 54.2. The van der Waals surface area contributed by atoms with Crippen molar-refractivity contribution in [2.75, 3.05) is 9.80 Å². The fourth-order valence-corrected chi connectivity index (χ4v) is 11.2. The summed E-state index contributed by atoms with van der Waals surface area (Å²) < 4.78 is 9.35. The number of para-hydroxylation sites is 1. The Morgan fingerprint density at radius 2 is 1.00 bits per heavy atom. The SMILES string of the molecule is CC(C)(C)c1ccnc(-n2c3[c-]c(Oc4[c-]c(N5[CH-]N(c6cc(-c7ccccc7)cc(C(C)(C)c7ccccc7)c6)c6cc(C(C)(C)C)c(C(C)(C)C)cc65)cc(C(C)(C)c5ccccc5)c4)ccc3c3ccccc32)c1.[Pt]. The molecule has 0 radical (unpaired) electrons. The Kier molecular flexibility index (Phi) is 14.0. The topological polar surface area (TPSA) is 33.5 Å². The number of anilines is 4. The van der Waals surface area contributed by atoms with Crippen LogP contribution in [0.3, 0.4) is 0 Å². The maximum Gasteiger partial charge on any atom is 0.135 e. The van der Waals surface area contributed by atoms with Crippen LogP contribution in [0.25, 0.3) is 38.8 Å². The van der Waals surface area contributed by atoms with Gasteiger partial charge in [0.25, 0.3) is 0 Å². The van der Waals surface area contributed by atoms with Gasteiger partial charge in [0.15, 0.2) is 0 Å². The van der Waals surface area contributed by atoms with Crippen molar-refractivity contribution in [1.29, 1.82) is 0 Å². The number of ether oxygens (including phenoxy) is 1. The average Bonchev–Trinajstić information content (AvgIpc) is 3.97. The Morgan fingerprint density at radius 3 is 1.60 bits per heavy atom. The second kappa shape index (κ2) is 20.2. The summed E-state index contributed by atoms with van der Waals surface area (Å²) in [4.78, 5) is 9.69. The van der Waals surface area contributed by atoms with E-state index in [9.17, 15) is 0 Å². The molecule has 8 aromatic carbocycles. The van der Waals surface area contributed by atoms with E-state index in [-0.39, 0.29) is 42.7 Å². The number of hydrogen-bond acceptors (Lipinski definition) is 4. The minimum absolute atomic E-state index is 0. The molecule has 0 atom stereocenters. The molecule has 78 heavy (non-hydrogen) atoms. The summed E-state index contributed by atoms with van der Waals surface area (Å²) in [6.07, 6.45) is 1.92. The summed E-state index contributed by atoms with van der Waals surface area (Å²) in [6, 6.07) is 73.6. The van der Waals surface area contributed by atoms with Crippen molar-refractivity contribution in [1.82, 2.24) is 9.55 Å². The first-order chi connectivity index (χ1) is 36.6. The molecule has 0 saturated carbocycles. The van der Waals surface area contributed by atoms with E-state index in [2.05, 4.69) is 299 Å². The summed E-state index contributed by atoms with van der Waals surface area (Å²) >= 11 is 0. The van der Waals surface area contributed by atoms with Gasteiger partial charge < -0.3 is 19.1 Å². The summed E-state index contributed by atoms with van der Waals surface area (Å²) in [5.41, 5.74) is 16.0. The zero-order valence-electron chi connectivity index (χ0n) is 47.5. The zero-order valence-corrected chi connectivity index (χ0v) is 49.8. The smallest absolute Gasteiger partial charge is 0.135 e. The van der Waals surface area contributed by atoms with Gasteiger partial charge in [0.2, 0.25) is 0 Å². The monoisotopic (exact) mass is 1200 g/mol. The van der Waals surface area contributed by atoms with Crippen LogP contribution < -0.4 is 14.5 Å². The second-order valence-electron chi connectivity index (χ2n) is 25.2. The van der Waals surface area contributed by atoms with Crippen molar-refractivity contribution >= 4 is 44.6 Å². The van der Waals surface area contributed by atoms with Gasteiger partial charge in [-0.05, 0) is 114 Å². The Labute approximate surface area is 478 Å². The van der Waals surface area contributed by atoms with Crippen molar-refractivity contribution in [2.24, 2.45) is 0 Å². The second-order valence-corrected chi connectivity index (χ2v) is 25.2. The van der Waals surface area contributed by atoms with Crippen LogP contribution in [0.1, 0.15) is 129 Å². The molecule has 0 fully saturated rings. The van der Waals surface area contributed by atoms with Gasteiger partial charge in [-0.2, -0.15) is 6.07 Å². The van der Waals surface area contributed by atoms with Crippen molar-refractivity contribution < 1.29 is 25.8 Å². The van der Waals surface area contributed by atoms with Crippen molar-refractivity contribution in [2.45, 2.75) is 117 Å². The summed E-state index contributed by atoms with van der Waals surface area (Å²) in [5, 5.41) is 2.22. The Balaban J connectivity index is 0.00000688. The number of hydrogen-bond donors (Lipinski definition) is 0. The minimum atomic E-state index is -0.413. The summed E-state index contributed by atoms with van der Waals surface area (Å²) in [6.45, 7) is 32.3. The zero-order chi connectivity index (χ0) is 54.2. The number of aromatic nitrogens is 2. The number of rotatable bonds is 10. The molecular formula is C72H71N4OPt-3. The normalized spacial score (nSPS) is 13.2. The van der Waals surface area contributed by atoms with E-state index in [1.165, 1.54) is 38.9 Å². The summed E-state index contributed by atoms with van der Waals surface area (Å²) in [7, 11) is 0. The number of pyridine rings is 1. The standard InChI is InChI=1S/C72H71N4O.Pt/c1-68(2,3)52-35-36-73-67(42-52)76-63-32-24-23-31-59(63)60-34-33-57(44-64(60)76)77-58-41-54(72(12,13)51-29-21-16-22-30-51)40-56(43-58)75-47-74(65-45-61(69(4,5)6)62(46-66(65)75)70(7,8)9)55-38-49(48-25-17-14-18-26-48)37-53(39-55)71(10,11)50-27-19-15-20-28-50;/h14-42,45-47H,1-13H3;/q-3;. The Bertz CT molecular complexity index is 3820. The predicted octanol–water partition coefficient (Wildman–Crippen LogP) is 19.2. The molecule has 1 aliphatic rings. The molecule has 0 saturated heterocycles. The maximum absolute atomic E-state index is 7.13. The van der Waals surface area contributed by atoms with E-state index >= 15 is 0 Å². The first-order valence-corrected chi connectivity index (χ1v) is 27.2. The molecule has 0 amide bonds. The third kappa shape index (κ3) is 10.1. The van der Waals surface area contributed by atoms with Gasteiger partial charge in [0, 0.05) is 66.8 Å². The number of fused-ring (bicyclic) bond motifs is 4. The maximum atomic E-state index is 7.13. The van der Waals surface area contributed by atoms with E-state index < -0.39 is 5.41 Å². The Morgan fingerprint density at radius 1 is 0.436 bits per heavy atom. The van der Waals surface area contributed by atoms with Crippen LogP contribution in [0, 0.1) is 18.8 Å². The van der Waals surface area contributed by atoms with Crippen LogP contribution >= 0.6 is 0 Å². The van der Waals surface area contributed by atoms with E-state index in [0.29, 0.717) is 11.5 Å². The molecule has 10 aromatic rings. The van der Waals surface area contributed by atoms with Crippen LogP contribution in [0.2, 0.25) is 0 Å². The van der Waals surface area contributed by atoms with Crippen molar-refractivity contribution in [3.8, 4) is 28.4 Å². The average molecular weight is 1200 g/mol. The van der Waals surface area contributed by atoms with Gasteiger partial charge in [-0.15, -0.1) is 53.6 Å². The quantitative estimate of drug-likeness (QED) is 0.128. The van der Waals surface area contributed by atoms with Crippen LogP contribution in [0.15, 0.2) is 188 Å². The molecule has 2 aromatic heterocycles. The van der Waals surface area contributed by atoms with Gasteiger partial charge in [-0.25, -0.2) is 4.98 Å². The van der Waals surface area contributed by atoms with Crippen LogP contribution in [-0.4, -0.2) is 9.55 Å². The molecule has 5 nitrogen and oxygen atoms in total. The van der Waals surface area contributed by atoms with Gasteiger partial charge >= 0.3 is 0 Å². The van der Waals surface area contributed by atoms with E-state index in [0.717, 1.165) is 61.5 Å². The van der Waals surface area contributed by atoms with E-state index in [4.69, 9.17) is 9.72 Å². The van der Waals surface area contributed by atoms with Gasteiger partial charge in [0.1, 0.15) is 5.82 Å². The molecule has 0 spiro atoms. The molecule has 11 rings (SSSR count). The molecule has 6 heteroatoms. The van der Waals surface area contributed by atoms with Gasteiger partial charge in [0.05, 0.1) is 0 Å². The van der Waals surface area contributed by atoms with Gasteiger partial charge in [-0.1, -0.05) is 211 Å². The van der Waals surface area contributed by atoms with E-state index in [1.54, 1.807) is 0 Å². The third-order valence-corrected chi connectivity index (χ3v) is 15.9. The molecule has 0 aliphatic carbocycles. The first-order valence-electron chi connectivity index (χ1n) is 27.2. The third-order valence-electron chi connectivity index (χ3n) is 15.9. The van der Waals surface area contributed by atoms with Crippen molar-refractivity contribution in [3.05, 3.63) is 246 Å². The fraction of sp³-hybridized carbons (Fsp3) is 0.250. The molecule has 1 aliphatic heterocycles. The molecule has 0 bridgehead atoms. The van der Waals surface area contributed by atoms with E-state index in [1.807, 2.05) is 12.3 Å². The van der Waals surface area contributed by atoms with Crippen LogP contribution in [-0.2, 0) is 48.1 Å². The van der Waals surface area contributed by atoms with Crippen LogP contribution in [0.5, 0.6) is 11.5 Å². The molecule has 0 unspecified atom stereocenters. The fourth-order valence-electron chi connectivity index (χ4n) is 11.2. The predicted molar refractivity (Wildman–Crippen MR) is 323 cm³/mol. The van der Waals surface area contributed by atoms with Gasteiger partial charge in [-0.3, -0.25) is 0 Å². The summed E-state index contributed by atoms with van der Waals surface area (Å²) in [5.74, 6) is 2.04. The molecule has 3 heterocycles. The minimum Gasteiger partial charge on any atom is -0.509 e. The van der Waals surface area contributed by atoms with Crippen molar-refractivity contribution in [3.63, 3.8) is 0 Å². The van der Waals surface area contributed by atoms with Crippen LogP contribution in [0.4, 0.5) is 22.7 Å². The number of nitrogens with zero attached hydrogens (tertiary/aromatic N) is 4.